The van der Waals surface area contributed by atoms with Crippen LogP contribution in [-0.2, 0) is 4.74 Å². The van der Waals surface area contributed by atoms with Crippen molar-refractivity contribution in [2.24, 2.45) is 11.3 Å². The molecule has 0 amide bonds. The maximum Gasteiger partial charge on any atom is 0.394 e. The Kier molecular flexibility index (Phi) is 5.44. The quantitative estimate of drug-likeness (QED) is 0.467. The Morgan fingerprint density at radius 3 is 2.47 bits per heavy atom. The molecule has 3 aromatic rings. The zero-order chi connectivity index (χ0) is 25.2. The molecule has 7 nitrogen and oxygen atoms in total. The third kappa shape index (κ3) is 3.72. The number of methoxy groups -OCH3 is 1. The molecule has 3 aliphatic carbocycles. The van der Waals surface area contributed by atoms with Crippen molar-refractivity contribution in [2.45, 2.75) is 70.1 Å². The normalized spacial score (nSPS) is 29.8. The van der Waals surface area contributed by atoms with Crippen LogP contribution in [0.1, 0.15) is 78.5 Å². The SMILES string of the molecule is COc1ccc([C@@H]2C[C@@H](c3nc(C4CC5(C(F)(F)F)CC4C5)c4nc(C)c(C)nc4n3)CCO2)cn1. The molecule has 4 aliphatic rings. The first-order valence-electron chi connectivity index (χ1n) is 12.4. The van der Waals surface area contributed by atoms with Crippen LogP contribution < -0.4 is 4.74 Å². The standard InChI is InChI=1S/C26H28F3N5O2/c1-13-14(2)32-24-22(31-13)21(18-11-25(26(27,28)29)9-17(18)10-25)33-23(34-24)15-6-7-36-19(8-15)16-4-5-20(35-3)30-12-16/h4-5,12,15,17-19H,6-11H2,1-3H3/t15-,17?,18?,19-,25?/m0/s1. The Morgan fingerprint density at radius 2 is 1.81 bits per heavy atom. The molecular formula is C26H28F3N5O2. The summed E-state index contributed by atoms with van der Waals surface area (Å²) in [6.45, 7) is 4.26. The molecule has 190 valence electrons. The van der Waals surface area contributed by atoms with Gasteiger partial charge in [-0.3, -0.25) is 0 Å². The first-order chi connectivity index (χ1) is 17.2. The highest BCUT2D eigenvalue weighted by Gasteiger charge is 2.69. The minimum atomic E-state index is -4.19. The van der Waals surface area contributed by atoms with Crippen molar-refractivity contribution in [3.8, 4) is 5.88 Å². The van der Waals surface area contributed by atoms with E-state index in [9.17, 15) is 13.2 Å². The highest BCUT2D eigenvalue weighted by molar-refractivity contribution is 5.74. The van der Waals surface area contributed by atoms with E-state index in [2.05, 4.69) is 9.97 Å². The minimum absolute atomic E-state index is 0.00890. The maximum atomic E-state index is 13.8. The number of alkyl halides is 3. The zero-order valence-electron chi connectivity index (χ0n) is 20.5. The first kappa shape index (κ1) is 23.5. The monoisotopic (exact) mass is 499 g/mol. The second kappa shape index (κ2) is 8.33. The van der Waals surface area contributed by atoms with Gasteiger partial charge in [0.15, 0.2) is 5.65 Å². The van der Waals surface area contributed by atoms with Gasteiger partial charge >= 0.3 is 6.18 Å². The molecule has 36 heavy (non-hydrogen) atoms. The Morgan fingerprint density at radius 1 is 1.03 bits per heavy atom. The number of fused-ring (bicyclic) bond motifs is 2. The summed E-state index contributed by atoms with van der Waals surface area (Å²) in [6, 6.07) is 3.74. The topological polar surface area (TPSA) is 82.9 Å². The van der Waals surface area contributed by atoms with Gasteiger partial charge in [-0.2, -0.15) is 13.2 Å². The average Bonchev–Trinajstić information content (AvgIpc) is 3.42. The number of hydrogen-bond acceptors (Lipinski definition) is 7. The Hall–Kier alpha value is -2.88. The molecule has 10 heteroatoms. The molecule has 0 N–H and O–H groups in total. The first-order valence-corrected chi connectivity index (χ1v) is 12.4. The minimum Gasteiger partial charge on any atom is -0.481 e. The molecule has 0 aromatic carbocycles. The number of halogens is 3. The van der Waals surface area contributed by atoms with Gasteiger partial charge in [0.1, 0.15) is 11.3 Å². The fourth-order valence-electron chi connectivity index (χ4n) is 6.21. The molecule has 3 aromatic heterocycles. The lowest BCUT2D eigenvalue weighted by Gasteiger charge is -2.39. The Balaban J connectivity index is 1.37. The van der Waals surface area contributed by atoms with E-state index in [1.807, 2.05) is 19.9 Å². The molecule has 1 aliphatic heterocycles. The average molecular weight is 500 g/mol. The predicted molar refractivity (Wildman–Crippen MR) is 125 cm³/mol. The maximum absolute atomic E-state index is 13.8. The summed E-state index contributed by atoms with van der Waals surface area (Å²) in [4.78, 5) is 23.4. The van der Waals surface area contributed by atoms with Gasteiger partial charge in [-0.1, -0.05) is 0 Å². The number of rotatable bonds is 4. The highest BCUT2D eigenvalue weighted by atomic mass is 19.4. The number of pyridine rings is 1. The summed E-state index contributed by atoms with van der Waals surface area (Å²) in [5.74, 6) is 0.826. The van der Waals surface area contributed by atoms with E-state index < -0.39 is 11.6 Å². The van der Waals surface area contributed by atoms with Crippen molar-refractivity contribution < 1.29 is 22.6 Å². The highest BCUT2D eigenvalue weighted by Crippen LogP contribution is 2.70. The molecule has 4 heterocycles. The second-order valence-corrected chi connectivity index (χ2v) is 10.5. The molecule has 3 saturated carbocycles. The van der Waals surface area contributed by atoms with Crippen molar-refractivity contribution in [3.63, 3.8) is 0 Å². The van der Waals surface area contributed by atoms with Gasteiger partial charge in [-0.05, 0) is 63.5 Å². The van der Waals surface area contributed by atoms with Gasteiger partial charge in [-0.15, -0.1) is 0 Å². The van der Waals surface area contributed by atoms with E-state index in [-0.39, 0.29) is 43.1 Å². The summed E-state index contributed by atoms with van der Waals surface area (Å²) in [7, 11) is 1.57. The molecule has 1 unspecified atom stereocenters. The van der Waals surface area contributed by atoms with Crippen LogP contribution in [0.4, 0.5) is 13.2 Å². The van der Waals surface area contributed by atoms with Gasteiger partial charge < -0.3 is 9.47 Å². The third-order valence-corrected chi connectivity index (χ3v) is 8.41. The van der Waals surface area contributed by atoms with Crippen molar-refractivity contribution in [1.29, 1.82) is 0 Å². The van der Waals surface area contributed by atoms with E-state index in [0.29, 0.717) is 41.6 Å². The van der Waals surface area contributed by atoms with Crippen LogP contribution in [0.15, 0.2) is 18.3 Å². The summed E-state index contributed by atoms with van der Waals surface area (Å²) in [5.41, 5.74) is 2.50. The van der Waals surface area contributed by atoms with E-state index in [1.54, 1.807) is 19.4 Å². The fraction of sp³-hybridized carbons (Fsp3) is 0.577. The zero-order valence-corrected chi connectivity index (χ0v) is 20.5. The van der Waals surface area contributed by atoms with E-state index >= 15 is 0 Å². The van der Waals surface area contributed by atoms with Gasteiger partial charge in [0.2, 0.25) is 5.88 Å². The van der Waals surface area contributed by atoms with Crippen LogP contribution in [0, 0.1) is 25.2 Å². The van der Waals surface area contributed by atoms with Crippen LogP contribution in [0.3, 0.4) is 0 Å². The van der Waals surface area contributed by atoms with Gasteiger partial charge in [0, 0.05) is 30.7 Å². The van der Waals surface area contributed by atoms with Crippen molar-refractivity contribution in [2.75, 3.05) is 13.7 Å². The molecule has 3 atom stereocenters. The molecule has 4 fully saturated rings. The van der Waals surface area contributed by atoms with Crippen LogP contribution in [0.25, 0.3) is 11.2 Å². The van der Waals surface area contributed by atoms with Crippen molar-refractivity contribution in [3.05, 3.63) is 46.8 Å². The lowest BCUT2D eigenvalue weighted by Crippen LogP contribution is -2.42. The number of aryl methyl sites for hydroxylation is 2. The number of nitrogens with zero attached hydrogens (tertiary/aromatic N) is 5. The smallest absolute Gasteiger partial charge is 0.394 e. The van der Waals surface area contributed by atoms with Gasteiger partial charge in [0.05, 0.1) is 35.7 Å². The molecule has 0 spiro atoms. The Labute approximate surface area is 206 Å². The van der Waals surface area contributed by atoms with Gasteiger partial charge in [0.25, 0.3) is 0 Å². The molecular weight excluding hydrogens is 471 g/mol. The summed E-state index contributed by atoms with van der Waals surface area (Å²) in [5, 5.41) is 0. The van der Waals surface area contributed by atoms with E-state index in [1.165, 1.54) is 0 Å². The molecule has 2 bridgehead atoms. The second-order valence-electron chi connectivity index (χ2n) is 10.5. The summed E-state index contributed by atoms with van der Waals surface area (Å²) >= 11 is 0. The molecule has 0 radical (unpaired) electrons. The molecule has 7 rings (SSSR count). The Bertz CT molecular complexity index is 1310. The van der Waals surface area contributed by atoms with Crippen molar-refractivity contribution >= 4 is 11.2 Å². The third-order valence-electron chi connectivity index (χ3n) is 8.41. The largest absolute Gasteiger partial charge is 0.481 e. The fourth-order valence-corrected chi connectivity index (χ4v) is 6.21. The van der Waals surface area contributed by atoms with E-state index in [4.69, 9.17) is 24.4 Å². The van der Waals surface area contributed by atoms with Crippen molar-refractivity contribution in [1.82, 2.24) is 24.9 Å². The predicted octanol–water partition coefficient (Wildman–Crippen LogP) is 5.52. The lowest BCUT2D eigenvalue weighted by molar-refractivity contribution is -0.244. The van der Waals surface area contributed by atoms with Crippen LogP contribution in [-0.4, -0.2) is 44.8 Å². The van der Waals surface area contributed by atoms with E-state index in [0.717, 1.165) is 23.4 Å². The lowest BCUT2D eigenvalue weighted by atomic mass is 9.68. The summed E-state index contributed by atoms with van der Waals surface area (Å²) < 4.78 is 52.7. The number of aromatic nitrogens is 5. The van der Waals surface area contributed by atoms with Crippen LogP contribution in [0.5, 0.6) is 5.88 Å². The van der Waals surface area contributed by atoms with Gasteiger partial charge in [-0.25, -0.2) is 24.9 Å². The molecule has 1 saturated heterocycles. The van der Waals surface area contributed by atoms with Crippen LogP contribution in [0.2, 0.25) is 0 Å². The van der Waals surface area contributed by atoms with Crippen LogP contribution >= 0.6 is 0 Å². The number of hydrogen-bond donors (Lipinski definition) is 0. The summed E-state index contributed by atoms with van der Waals surface area (Å²) in [6.07, 6.45) is -0.838. The number of ether oxygens (including phenoxy) is 2.